The molecule has 0 aliphatic carbocycles. The molecule has 0 atom stereocenters. The number of aromatic amines is 1. The summed E-state index contributed by atoms with van der Waals surface area (Å²) in [5.41, 5.74) is 0.461. The van der Waals surface area contributed by atoms with Crippen molar-refractivity contribution in [2.24, 2.45) is 7.05 Å². The molecule has 3 aromatic heterocycles. The molecule has 13 heteroatoms. The van der Waals surface area contributed by atoms with Crippen LogP contribution in [-0.2, 0) is 11.8 Å². The van der Waals surface area contributed by atoms with Gasteiger partial charge < -0.3 is 14.9 Å². The van der Waals surface area contributed by atoms with Crippen LogP contribution in [0.5, 0.6) is 0 Å². The van der Waals surface area contributed by atoms with E-state index in [2.05, 4.69) is 30.0 Å². The van der Waals surface area contributed by atoms with Crippen LogP contribution < -0.4 is 10.6 Å². The third-order valence-corrected chi connectivity index (χ3v) is 4.22. The smallest absolute Gasteiger partial charge is 0.343 e. The summed E-state index contributed by atoms with van der Waals surface area (Å²) in [5, 5.41) is 15.0. The fraction of sp³-hybridized carbons (Fsp3) is 0.400. The first-order valence-electron chi connectivity index (χ1n) is 8.37. The molecule has 1 amide bonds. The summed E-state index contributed by atoms with van der Waals surface area (Å²) < 4.78 is 2.81. The Bertz CT molecular complexity index is 1050. The molecule has 0 bridgehead atoms. The summed E-state index contributed by atoms with van der Waals surface area (Å²) in [6, 6.07) is 1.95. The van der Waals surface area contributed by atoms with Gasteiger partial charge in [-0.1, -0.05) is 0 Å². The largest absolute Gasteiger partial charge is 0.483 e. The standard InChI is InChI=1S/C14H17N9O2.CH2O2/c1-9-7-10(23-13(17-9)15-8-16-23)21-3-5-22(6-4-21)12(24)11-18-14(25)20(2)19-11;2-1-3/h7-8H,3-6H2,1-2H3,(H,18,19,25);1H,(H,2,3). The SMILES string of the molecule is Cc1cc(N2CCN(C(=O)c3nn(C)c(=O)[nH]3)CC2)n2ncnc2n1.O=CO. The first-order valence-corrected chi connectivity index (χ1v) is 8.37. The number of piperazine rings is 1. The minimum Gasteiger partial charge on any atom is -0.483 e. The average Bonchev–Trinajstić information content (AvgIpc) is 3.28. The molecule has 1 saturated heterocycles. The van der Waals surface area contributed by atoms with Crippen molar-refractivity contribution < 1.29 is 14.7 Å². The number of H-pyrrole nitrogens is 1. The van der Waals surface area contributed by atoms with E-state index in [9.17, 15) is 9.59 Å². The third-order valence-electron chi connectivity index (χ3n) is 4.22. The topological polar surface area (TPSA) is 155 Å². The number of fused-ring (bicyclic) bond motifs is 1. The molecule has 0 saturated carbocycles. The normalized spacial score (nSPS) is 13.9. The zero-order chi connectivity index (χ0) is 20.3. The second kappa shape index (κ2) is 7.85. The Labute approximate surface area is 158 Å². The lowest BCUT2D eigenvalue weighted by Gasteiger charge is -2.35. The van der Waals surface area contributed by atoms with Crippen molar-refractivity contribution in [2.75, 3.05) is 31.1 Å². The number of rotatable bonds is 2. The lowest BCUT2D eigenvalue weighted by atomic mass is 10.3. The van der Waals surface area contributed by atoms with Crippen LogP contribution in [-0.4, -0.2) is 82.9 Å². The molecule has 4 rings (SSSR count). The van der Waals surface area contributed by atoms with Crippen molar-refractivity contribution >= 4 is 24.0 Å². The molecule has 0 radical (unpaired) electrons. The average molecular weight is 389 g/mol. The van der Waals surface area contributed by atoms with E-state index in [4.69, 9.17) is 9.90 Å². The molecule has 1 fully saturated rings. The van der Waals surface area contributed by atoms with E-state index < -0.39 is 5.69 Å². The van der Waals surface area contributed by atoms with Crippen LogP contribution in [0.2, 0.25) is 0 Å². The van der Waals surface area contributed by atoms with E-state index in [-0.39, 0.29) is 18.2 Å². The van der Waals surface area contributed by atoms with Crippen molar-refractivity contribution in [3.8, 4) is 0 Å². The van der Waals surface area contributed by atoms with Crippen LogP contribution in [0.15, 0.2) is 17.2 Å². The van der Waals surface area contributed by atoms with Gasteiger partial charge in [-0.05, 0) is 6.92 Å². The van der Waals surface area contributed by atoms with Crippen molar-refractivity contribution in [3.63, 3.8) is 0 Å². The predicted octanol–water partition coefficient (Wildman–Crippen LogP) is -1.48. The Balaban J connectivity index is 0.000000706. The molecule has 28 heavy (non-hydrogen) atoms. The van der Waals surface area contributed by atoms with Gasteiger partial charge in [0.2, 0.25) is 5.82 Å². The molecular formula is C15H19N9O4. The highest BCUT2D eigenvalue weighted by molar-refractivity contribution is 5.90. The van der Waals surface area contributed by atoms with Crippen LogP contribution in [0.4, 0.5) is 5.82 Å². The maximum atomic E-state index is 12.5. The maximum Gasteiger partial charge on any atom is 0.343 e. The van der Waals surface area contributed by atoms with E-state index in [0.29, 0.717) is 32.0 Å². The summed E-state index contributed by atoms with van der Waals surface area (Å²) >= 11 is 0. The van der Waals surface area contributed by atoms with Gasteiger partial charge in [-0.15, -0.1) is 5.10 Å². The number of hydrogen-bond donors (Lipinski definition) is 2. The van der Waals surface area contributed by atoms with Crippen molar-refractivity contribution in [1.29, 1.82) is 0 Å². The van der Waals surface area contributed by atoms with Crippen molar-refractivity contribution in [1.82, 2.24) is 39.2 Å². The van der Waals surface area contributed by atoms with E-state index in [1.54, 1.807) is 9.42 Å². The molecule has 13 nitrogen and oxygen atoms in total. The van der Waals surface area contributed by atoms with Gasteiger partial charge in [-0.2, -0.15) is 14.6 Å². The quantitative estimate of drug-likeness (QED) is 0.499. The van der Waals surface area contributed by atoms with Gasteiger partial charge in [0, 0.05) is 45.0 Å². The number of aromatic nitrogens is 7. The maximum absolute atomic E-state index is 12.5. The van der Waals surface area contributed by atoms with E-state index >= 15 is 0 Å². The zero-order valence-electron chi connectivity index (χ0n) is 15.3. The highest BCUT2D eigenvalue weighted by Gasteiger charge is 2.26. The number of amides is 1. The van der Waals surface area contributed by atoms with Crippen molar-refractivity contribution in [2.45, 2.75) is 6.92 Å². The summed E-state index contributed by atoms with van der Waals surface area (Å²) in [6.07, 6.45) is 1.47. The van der Waals surface area contributed by atoms with Gasteiger partial charge in [0.1, 0.15) is 12.1 Å². The van der Waals surface area contributed by atoms with Crippen LogP contribution >= 0.6 is 0 Å². The third kappa shape index (κ3) is 3.67. The van der Waals surface area contributed by atoms with Gasteiger partial charge in [0.15, 0.2) is 0 Å². The number of nitrogens with zero attached hydrogens (tertiary/aromatic N) is 8. The first kappa shape index (κ1) is 19.0. The lowest BCUT2D eigenvalue weighted by Crippen LogP contribution is -2.49. The van der Waals surface area contributed by atoms with Crippen molar-refractivity contribution in [3.05, 3.63) is 34.4 Å². The second-order valence-corrected chi connectivity index (χ2v) is 6.01. The van der Waals surface area contributed by atoms with Crippen LogP contribution in [0.1, 0.15) is 16.3 Å². The van der Waals surface area contributed by atoms with E-state index in [1.165, 1.54) is 13.4 Å². The predicted molar refractivity (Wildman–Crippen MR) is 96.2 cm³/mol. The Morgan fingerprint density at radius 2 is 1.96 bits per heavy atom. The Morgan fingerprint density at radius 3 is 2.57 bits per heavy atom. The number of hydrogen-bond acceptors (Lipinski definition) is 8. The summed E-state index contributed by atoms with van der Waals surface area (Å²) in [5.74, 6) is 1.26. The summed E-state index contributed by atoms with van der Waals surface area (Å²) in [4.78, 5) is 47.0. The minimum absolute atomic E-state index is 0.0689. The van der Waals surface area contributed by atoms with Gasteiger partial charge in [-0.25, -0.2) is 14.5 Å². The fourth-order valence-corrected chi connectivity index (χ4v) is 2.92. The molecular weight excluding hydrogens is 370 g/mol. The molecule has 1 aliphatic rings. The van der Waals surface area contributed by atoms with E-state index in [0.717, 1.165) is 16.2 Å². The summed E-state index contributed by atoms with van der Waals surface area (Å²) in [7, 11) is 1.50. The van der Waals surface area contributed by atoms with Gasteiger partial charge in [0.25, 0.3) is 18.2 Å². The molecule has 148 valence electrons. The van der Waals surface area contributed by atoms with Gasteiger partial charge >= 0.3 is 5.69 Å². The number of nitrogens with one attached hydrogen (secondary N) is 1. The van der Waals surface area contributed by atoms with Gasteiger partial charge in [-0.3, -0.25) is 14.6 Å². The molecule has 3 aromatic rings. The Morgan fingerprint density at radius 1 is 1.29 bits per heavy atom. The zero-order valence-corrected chi connectivity index (χ0v) is 15.3. The first-order chi connectivity index (χ1) is 13.4. The number of aryl methyl sites for hydroxylation is 2. The molecule has 2 N–H and O–H groups in total. The number of carbonyl (C=O) groups excluding carboxylic acids is 1. The highest BCUT2D eigenvalue weighted by Crippen LogP contribution is 2.18. The monoisotopic (exact) mass is 389 g/mol. The van der Waals surface area contributed by atoms with Crippen LogP contribution in [0.25, 0.3) is 5.78 Å². The molecule has 0 spiro atoms. The van der Waals surface area contributed by atoms with Gasteiger partial charge in [0.05, 0.1) is 0 Å². The Hall–Kier alpha value is -3.77. The highest BCUT2D eigenvalue weighted by atomic mass is 16.3. The Kier molecular flexibility index (Phi) is 5.33. The second-order valence-electron chi connectivity index (χ2n) is 6.01. The lowest BCUT2D eigenvalue weighted by molar-refractivity contribution is -0.122. The molecule has 1 aliphatic heterocycles. The van der Waals surface area contributed by atoms with Crippen LogP contribution in [0, 0.1) is 6.92 Å². The molecule has 4 heterocycles. The fourth-order valence-electron chi connectivity index (χ4n) is 2.92. The van der Waals surface area contributed by atoms with Crippen LogP contribution in [0.3, 0.4) is 0 Å². The number of anilines is 1. The minimum atomic E-state index is -0.400. The molecule has 0 aromatic carbocycles. The van der Waals surface area contributed by atoms with E-state index in [1.807, 2.05) is 13.0 Å². The summed E-state index contributed by atoms with van der Waals surface area (Å²) in [6.45, 7) is 3.99. The number of carbonyl (C=O) groups is 2. The number of carboxylic acid groups (broad SMARTS) is 1. The molecule has 0 unspecified atom stereocenters.